The average molecular weight is 418 g/mol. The molecule has 31 heavy (non-hydrogen) atoms. The summed E-state index contributed by atoms with van der Waals surface area (Å²) in [4.78, 5) is 23.8. The van der Waals surface area contributed by atoms with Crippen molar-refractivity contribution in [3.63, 3.8) is 0 Å². The topological polar surface area (TPSA) is 89.8 Å². The Morgan fingerprint density at radius 3 is 2.39 bits per heavy atom. The van der Waals surface area contributed by atoms with Gasteiger partial charge in [-0.1, -0.05) is 18.2 Å². The van der Waals surface area contributed by atoms with Crippen LogP contribution in [0.15, 0.2) is 65.1 Å². The molecule has 2 N–H and O–H groups in total. The molecule has 1 unspecified atom stereocenters. The molecule has 0 aliphatic rings. The number of hydrogen-bond acceptors (Lipinski definition) is 5. The molecule has 0 spiro atoms. The molecule has 3 aromatic carbocycles. The van der Waals surface area contributed by atoms with E-state index in [1.54, 1.807) is 44.4 Å². The summed E-state index contributed by atoms with van der Waals surface area (Å²) in [6.45, 7) is 3.09. The molecule has 0 aliphatic carbocycles. The first kappa shape index (κ1) is 20.3. The SMILES string of the molecule is COc1cc2c(cc1NC(=O)C(C)Oc1ccc(NC(C)=O)cc1)oc1ccccc12. The molecule has 0 bridgehead atoms. The van der Waals surface area contributed by atoms with Crippen molar-refractivity contribution in [1.29, 1.82) is 0 Å². The molecule has 1 atom stereocenters. The second kappa shape index (κ2) is 8.39. The Morgan fingerprint density at radius 1 is 0.935 bits per heavy atom. The highest BCUT2D eigenvalue weighted by Gasteiger charge is 2.19. The minimum absolute atomic E-state index is 0.156. The van der Waals surface area contributed by atoms with Crippen LogP contribution in [0.3, 0.4) is 0 Å². The van der Waals surface area contributed by atoms with E-state index in [1.165, 1.54) is 6.92 Å². The van der Waals surface area contributed by atoms with Gasteiger partial charge < -0.3 is 24.5 Å². The Labute approximate surface area is 178 Å². The number of hydrogen-bond donors (Lipinski definition) is 2. The number of ether oxygens (including phenoxy) is 2. The number of furan rings is 1. The monoisotopic (exact) mass is 418 g/mol. The lowest BCUT2D eigenvalue weighted by atomic mass is 10.1. The first-order chi connectivity index (χ1) is 14.9. The number of rotatable bonds is 6. The first-order valence-corrected chi connectivity index (χ1v) is 9.79. The third kappa shape index (κ3) is 4.30. The maximum atomic E-state index is 12.7. The van der Waals surface area contributed by atoms with Crippen LogP contribution in [0.25, 0.3) is 21.9 Å². The van der Waals surface area contributed by atoms with Crippen molar-refractivity contribution in [1.82, 2.24) is 0 Å². The predicted molar refractivity (Wildman–Crippen MR) is 120 cm³/mol. The summed E-state index contributed by atoms with van der Waals surface area (Å²) >= 11 is 0. The van der Waals surface area contributed by atoms with E-state index in [4.69, 9.17) is 13.9 Å². The number of benzene rings is 3. The van der Waals surface area contributed by atoms with E-state index in [9.17, 15) is 9.59 Å². The minimum atomic E-state index is -0.761. The second-order valence-corrected chi connectivity index (χ2v) is 7.10. The molecule has 0 saturated carbocycles. The molecule has 0 fully saturated rings. The number of carbonyl (C=O) groups is 2. The summed E-state index contributed by atoms with van der Waals surface area (Å²) in [7, 11) is 1.55. The summed E-state index contributed by atoms with van der Waals surface area (Å²) in [6.07, 6.45) is -0.761. The van der Waals surface area contributed by atoms with E-state index in [-0.39, 0.29) is 11.8 Å². The molecule has 1 aromatic heterocycles. The van der Waals surface area contributed by atoms with Crippen LogP contribution in [0.5, 0.6) is 11.5 Å². The molecule has 7 nitrogen and oxygen atoms in total. The Balaban J connectivity index is 1.51. The number of amides is 2. The van der Waals surface area contributed by atoms with E-state index < -0.39 is 6.10 Å². The fourth-order valence-electron chi connectivity index (χ4n) is 3.33. The Kier molecular flexibility index (Phi) is 5.49. The van der Waals surface area contributed by atoms with Gasteiger partial charge in [-0.25, -0.2) is 0 Å². The molecule has 0 saturated heterocycles. The van der Waals surface area contributed by atoms with Crippen LogP contribution >= 0.6 is 0 Å². The molecule has 0 aliphatic heterocycles. The van der Waals surface area contributed by atoms with Crippen LogP contribution in [0.4, 0.5) is 11.4 Å². The average Bonchev–Trinajstić information content (AvgIpc) is 3.11. The van der Waals surface area contributed by atoms with Gasteiger partial charge in [0, 0.05) is 29.4 Å². The zero-order valence-corrected chi connectivity index (χ0v) is 17.4. The zero-order valence-electron chi connectivity index (χ0n) is 17.4. The predicted octanol–water partition coefficient (Wildman–Crippen LogP) is 4.96. The molecule has 1 heterocycles. The van der Waals surface area contributed by atoms with Crippen molar-refractivity contribution in [2.45, 2.75) is 20.0 Å². The molecule has 4 rings (SSSR count). The first-order valence-electron chi connectivity index (χ1n) is 9.79. The van der Waals surface area contributed by atoms with Gasteiger partial charge >= 0.3 is 0 Å². The number of nitrogens with one attached hydrogen (secondary N) is 2. The van der Waals surface area contributed by atoms with Crippen LogP contribution < -0.4 is 20.1 Å². The van der Waals surface area contributed by atoms with Gasteiger partial charge in [0.2, 0.25) is 5.91 Å². The largest absolute Gasteiger partial charge is 0.495 e. The highest BCUT2D eigenvalue weighted by atomic mass is 16.5. The number of fused-ring (bicyclic) bond motifs is 3. The minimum Gasteiger partial charge on any atom is -0.495 e. The van der Waals surface area contributed by atoms with Crippen molar-refractivity contribution in [2.24, 2.45) is 0 Å². The van der Waals surface area contributed by atoms with Gasteiger partial charge in [0.05, 0.1) is 12.8 Å². The summed E-state index contributed by atoms with van der Waals surface area (Å²) < 4.78 is 17.1. The van der Waals surface area contributed by atoms with E-state index in [2.05, 4.69) is 10.6 Å². The third-order valence-electron chi connectivity index (χ3n) is 4.81. The zero-order chi connectivity index (χ0) is 22.0. The van der Waals surface area contributed by atoms with Gasteiger partial charge in [0.1, 0.15) is 22.7 Å². The van der Waals surface area contributed by atoms with Crippen LogP contribution in [0.1, 0.15) is 13.8 Å². The van der Waals surface area contributed by atoms with Gasteiger partial charge in [-0.15, -0.1) is 0 Å². The summed E-state index contributed by atoms with van der Waals surface area (Å²) in [6, 6.07) is 18.1. The number of para-hydroxylation sites is 1. The van der Waals surface area contributed by atoms with Crippen LogP contribution in [-0.4, -0.2) is 25.0 Å². The summed E-state index contributed by atoms with van der Waals surface area (Å²) in [5, 5.41) is 7.42. The van der Waals surface area contributed by atoms with Gasteiger partial charge in [-0.3, -0.25) is 9.59 Å². The standard InChI is InChI=1S/C24H22N2O5/c1-14(30-17-10-8-16(9-11-17)25-15(2)27)24(28)26-20-13-22-19(12-23(20)29-3)18-6-4-5-7-21(18)31-22/h4-14H,1-3H3,(H,25,27)(H,26,28). The van der Waals surface area contributed by atoms with Gasteiger partial charge in [-0.2, -0.15) is 0 Å². The number of carbonyl (C=O) groups excluding carboxylic acids is 2. The van der Waals surface area contributed by atoms with Gasteiger partial charge in [-0.05, 0) is 43.3 Å². The van der Waals surface area contributed by atoms with Crippen molar-refractivity contribution in [3.8, 4) is 11.5 Å². The molecule has 158 valence electrons. The lowest BCUT2D eigenvalue weighted by molar-refractivity contribution is -0.122. The second-order valence-electron chi connectivity index (χ2n) is 7.10. The van der Waals surface area contributed by atoms with Crippen molar-refractivity contribution in [3.05, 3.63) is 60.7 Å². The number of methoxy groups -OCH3 is 1. The van der Waals surface area contributed by atoms with Gasteiger partial charge in [0.15, 0.2) is 6.10 Å². The summed E-state index contributed by atoms with van der Waals surface area (Å²) in [5.74, 6) is 0.548. The molecule has 2 amide bonds. The Bertz CT molecular complexity index is 1260. The molecular weight excluding hydrogens is 396 g/mol. The van der Waals surface area contributed by atoms with Crippen molar-refractivity contribution < 1.29 is 23.5 Å². The van der Waals surface area contributed by atoms with E-state index in [0.29, 0.717) is 28.5 Å². The van der Waals surface area contributed by atoms with E-state index >= 15 is 0 Å². The highest BCUT2D eigenvalue weighted by Crippen LogP contribution is 2.36. The third-order valence-corrected chi connectivity index (χ3v) is 4.81. The molecule has 0 radical (unpaired) electrons. The fourth-order valence-corrected chi connectivity index (χ4v) is 3.33. The van der Waals surface area contributed by atoms with Crippen LogP contribution in [-0.2, 0) is 9.59 Å². The van der Waals surface area contributed by atoms with E-state index in [1.807, 2.05) is 30.3 Å². The van der Waals surface area contributed by atoms with Crippen molar-refractivity contribution >= 4 is 45.1 Å². The number of anilines is 2. The van der Waals surface area contributed by atoms with Gasteiger partial charge in [0.25, 0.3) is 5.91 Å². The summed E-state index contributed by atoms with van der Waals surface area (Å²) in [5.41, 5.74) is 2.57. The molecular formula is C24H22N2O5. The fraction of sp³-hybridized carbons (Fsp3) is 0.167. The lowest BCUT2D eigenvalue weighted by Gasteiger charge is -2.16. The van der Waals surface area contributed by atoms with Crippen LogP contribution in [0.2, 0.25) is 0 Å². The maximum absolute atomic E-state index is 12.7. The Hall–Kier alpha value is -4.00. The van der Waals surface area contributed by atoms with E-state index in [0.717, 1.165) is 16.4 Å². The van der Waals surface area contributed by atoms with Crippen molar-refractivity contribution in [2.75, 3.05) is 17.7 Å². The molecule has 7 heteroatoms. The Morgan fingerprint density at radius 2 is 1.68 bits per heavy atom. The quantitative estimate of drug-likeness (QED) is 0.462. The highest BCUT2D eigenvalue weighted by molar-refractivity contribution is 6.08. The normalized spacial score (nSPS) is 11.8. The van der Waals surface area contributed by atoms with Crippen LogP contribution in [0, 0.1) is 0 Å². The lowest BCUT2D eigenvalue weighted by Crippen LogP contribution is -2.30. The maximum Gasteiger partial charge on any atom is 0.265 e. The smallest absolute Gasteiger partial charge is 0.265 e. The molecule has 4 aromatic rings.